The molecule has 3 aromatic heterocycles. The normalized spacial score (nSPS) is 22.7. The molecule has 1 N–H and O–H groups in total. The molecule has 2 amide bonds. The Labute approximate surface area is 195 Å². The summed E-state index contributed by atoms with van der Waals surface area (Å²) < 4.78 is 49.1. The second-order valence-corrected chi connectivity index (χ2v) is 8.96. The second kappa shape index (κ2) is 7.71. The number of anilines is 2. The summed E-state index contributed by atoms with van der Waals surface area (Å²) in [5.41, 5.74) is -1.68. The van der Waals surface area contributed by atoms with Gasteiger partial charge in [0.1, 0.15) is 11.5 Å². The molecule has 2 aliphatic heterocycles. The van der Waals surface area contributed by atoms with Gasteiger partial charge < -0.3 is 10.1 Å². The summed E-state index contributed by atoms with van der Waals surface area (Å²) in [4.78, 5) is 22.4. The Morgan fingerprint density at radius 1 is 1.27 bits per heavy atom. The fourth-order valence-electron chi connectivity index (χ4n) is 4.23. The number of amides is 2. The third-order valence-corrected chi connectivity index (χ3v) is 6.44. The van der Waals surface area contributed by atoms with E-state index >= 15 is 0 Å². The van der Waals surface area contributed by atoms with Crippen LogP contribution in [0.15, 0.2) is 24.5 Å². The molecule has 2 atom stereocenters. The fourth-order valence-corrected chi connectivity index (χ4v) is 4.69. The number of nitrogens with zero attached hydrogens (tertiary/aromatic N) is 5. The molecule has 5 rings (SSSR count). The van der Waals surface area contributed by atoms with Crippen molar-refractivity contribution >= 4 is 46.3 Å². The van der Waals surface area contributed by atoms with Gasteiger partial charge in [-0.2, -0.15) is 18.3 Å². The number of ether oxygens (including phenoxy) is 1. The SMILES string of the molecule is C[C@@]1(C(F)(F)F)CN(C(=O)Nc2cnc([C@@H]3CCCO3)c(Cl)c2)c2cnc3cc(Cl)nn3c21. The zero-order chi connectivity index (χ0) is 23.5. The van der Waals surface area contributed by atoms with E-state index in [-0.39, 0.29) is 34.0 Å². The molecule has 2 aliphatic rings. The van der Waals surface area contributed by atoms with Crippen LogP contribution in [-0.4, -0.2) is 44.9 Å². The second-order valence-electron chi connectivity index (χ2n) is 8.17. The number of carbonyl (C=O) groups is 1. The summed E-state index contributed by atoms with van der Waals surface area (Å²) in [6, 6.07) is 2.06. The lowest BCUT2D eigenvalue weighted by molar-refractivity contribution is -0.181. The minimum atomic E-state index is -4.67. The number of urea groups is 1. The number of carbonyl (C=O) groups excluding carboxylic acids is 1. The van der Waals surface area contributed by atoms with Gasteiger partial charge in [-0.3, -0.25) is 9.88 Å². The van der Waals surface area contributed by atoms with Crippen molar-refractivity contribution in [2.75, 3.05) is 23.4 Å². The van der Waals surface area contributed by atoms with Crippen LogP contribution in [0.5, 0.6) is 0 Å². The number of alkyl halides is 3. The van der Waals surface area contributed by atoms with Gasteiger partial charge in [0.25, 0.3) is 0 Å². The molecule has 1 saturated heterocycles. The van der Waals surface area contributed by atoms with E-state index in [1.807, 2.05) is 0 Å². The van der Waals surface area contributed by atoms with Crippen molar-refractivity contribution in [2.24, 2.45) is 0 Å². The first-order valence-corrected chi connectivity index (χ1v) is 10.8. The molecule has 8 nitrogen and oxygen atoms in total. The third-order valence-electron chi connectivity index (χ3n) is 5.95. The molecule has 0 spiro atoms. The Balaban J connectivity index is 1.48. The number of nitrogens with one attached hydrogen (secondary N) is 1. The molecular weight excluding hydrogens is 484 g/mol. The van der Waals surface area contributed by atoms with E-state index in [2.05, 4.69) is 20.4 Å². The van der Waals surface area contributed by atoms with Gasteiger partial charge in [-0.1, -0.05) is 23.2 Å². The average molecular weight is 501 g/mol. The third kappa shape index (κ3) is 3.58. The molecule has 0 aliphatic carbocycles. The minimum absolute atomic E-state index is 0.00428. The predicted octanol–water partition coefficient (Wildman–Crippen LogP) is 5.15. The quantitative estimate of drug-likeness (QED) is 0.525. The summed E-state index contributed by atoms with van der Waals surface area (Å²) in [7, 11) is 0. The summed E-state index contributed by atoms with van der Waals surface area (Å²) in [6.07, 6.45) is -0.582. The van der Waals surface area contributed by atoms with E-state index in [9.17, 15) is 18.0 Å². The van der Waals surface area contributed by atoms with Crippen LogP contribution >= 0.6 is 23.2 Å². The number of halogens is 5. The standard InChI is InChI=1S/C20H17Cl2F3N6O2/c1-19(20(23,24)25)9-30(12-8-26-15-6-14(22)29-31(15)17(12)19)18(32)28-10-5-11(21)16(27-7-10)13-3-2-4-33-13/h5-8,13H,2-4,9H2,1H3,(H,28,32)/t13-,19+/m0/s1. The van der Waals surface area contributed by atoms with Crippen LogP contribution in [0.3, 0.4) is 0 Å². The Morgan fingerprint density at radius 2 is 2.06 bits per heavy atom. The topological polar surface area (TPSA) is 84.7 Å². The maximum atomic E-state index is 14.2. The predicted molar refractivity (Wildman–Crippen MR) is 115 cm³/mol. The zero-order valence-electron chi connectivity index (χ0n) is 17.2. The first-order valence-electron chi connectivity index (χ1n) is 10.1. The van der Waals surface area contributed by atoms with Gasteiger partial charge in [0, 0.05) is 19.2 Å². The van der Waals surface area contributed by atoms with Crippen LogP contribution in [0.4, 0.5) is 29.3 Å². The summed E-state index contributed by atoms with van der Waals surface area (Å²) >= 11 is 12.2. The van der Waals surface area contributed by atoms with Gasteiger partial charge in [-0.25, -0.2) is 14.3 Å². The van der Waals surface area contributed by atoms with E-state index in [4.69, 9.17) is 27.9 Å². The van der Waals surface area contributed by atoms with Gasteiger partial charge in [0.05, 0.1) is 40.2 Å². The van der Waals surface area contributed by atoms with Crippen LogP contribution < -0.4 is 10.2 Å². The lowest BCUT2D eigenvalue weighted by atomic mass is 9.88. The molecule has 13 heteroatoms. The molecular formula is C20H17Cl2F3N6O2. The Hall–Kier alpha value is -2.63. The van der Waals surface area contributed by atoms with Crippen molar-refractivity contribution in [3.8, 4) is 0 Å². The van der Waals surface area contributed by atoms with Crippen molar-refractivity contribution in [1.82, 2.24) is 19.6 Å². The number of rotatable bonds is 2. The van der Waals surface area contributed by atoms with Crippen molar-refractivity contribution < 1.29 is 22.7 Å². The summed E-state index contributed by atoms with van der Waals surface area (Å²) in [5, 5.41) is 6.82. The van der Waals surface area contributed by atoms with Crippen LogP contribution in [0, 0.1) is 0 Å². The first kappa shape index (κ1) is 22.2. The Kier molecular flexibility index (Phi) is 5.18. The maximum absolute atomic E-state index is 14.2. The maximum Gasteiger partial charge on any atom is 0.401 e. The molecule has 0 aromatic carbocycles. The fraction of sp³-hybridized carbons (Fsp3) is 0.400. The lowest BCUT2D eigenvalue weighted by Gasteiger charge is -2.28. The largest absolute Gasteiger partial charge is 0.401 e. The first-order chi connectivity index (χ1) is 15.6. The molecule has 0 saturated carbocycles. The minimum Gasteiger partial charge on any atom is -0.372 e. The van der Waals surface area contributed by atoms with E-state index in [0.717, 1.165) is 29.2 Å². The van der Waals surface area contributed by atoms with E-state index in [1.54, 1.807) is 0 Å². The van der Waals surface area contributed by atoms with Gasteiger partial charge in [0.2, 0.25) is 0 Å². The number of hydrogen-bond acceptors (Lipinski definition) is 5. The van der Waals surface area contributed by atoms with Crippen LogP contribution in [-0.2, 0) is 10.2 Å². The molecule has 0 radical (unpaired) electrons. The number of aromatic nitrogens is 4. The van der Waals surface area contributed by atoms with Crippen molar-refractivity contribution in [1.29, 1.82) is 0 Å². The average Bonchev–Trinajstić information content (AvgIpc) is 3.45. The highest BCUT2D eigenvalue weighted by Crippen LogP contribution is 2.50. The van der Waals surface area contributed by atoms with Crippen molar-refractivity contribution in [3.63, 3.8) is 0 Å². The Bertz CT molecular complexity index is 1260. The molecule has 174 valence electrons. The number of pyridine rings is 1. The van der Waals surface area contributed by atoms with Gasteiger partial charge in [-0.05, 0) is 25.8 Å². The highest BCUT2D eigenvalue weighted by molar-refractivity contribution is 6.31. The monoisotopic (exact) mass is 500 g/mol. The van der Waals surface area contributed by atoms with Gasteiger partial charge in [-0.15, -0.1) is 0 Å². The van der Waals surface area contributed by atoms with Crippen LogP contribution in [0.25, 0.3) is 5.65 Å². The van der Waals surface area contributed by atoms with Gasteiger partial charge >= 0.3 is 12.2 Å². The molecule has 0 bridgehead atoms. The molecule has 1 fully saturated rings. The van der Waals surface area contributed by atoms with Crippen molar-refractivity contribution in [3.05, 3.63) is 46.1 Å². The molecule has 5 heterocycles. The van der Waals surface area contributed by atoms with Gasteiger partial charge in [0.15, 0.2) is 10.8 Å². The Morgan fingerprint density at radius 3 is 2.73 bits per heavy atom. The lowest BCUT2D eigenvalue weighted by Crippen LogP contribution is -2.46. The number of fused-ring (bicyclic) bond motifs is 3. The molecule has 33 heavy (non-hydrogen) atoms. The van der Waals surface area contributed by atoms with E-state index in [1.165, 1.54) is 24.5 Å². The van der Waals surface area contributed by atoms with E-state index < -0.39 is 24.2 Å². The number of hydrogen-bond donors (Lipinski definition) is 1. The summed E-state index contributed by atoms with van der Waals surface area (Å²) in [5.74, 6) is 0. The smallest absolute Gasteiger partial charge is 0.372 e. The zero-order valence-corrected chi connectivity index (χ0v) is 18.7. The molecule has 3 aromatic rings. The van der Waals surface area contributed by atoms with Crippen LogP contribution in [0.1, 0.15) is 37.3 Å². The summed E-state index contributed by atoms with van der Waals surface area (Å²) in [6.45, 7) is 0.977. The highest BCUT2D eigenvalue weighted by Gasteiger charge is 2.60. The van der Waals surface area contributed by atoms with Crippen molar-refractivity contribution in [2.45, 2.75) is 37.5 Å². The highest BCUT2D eigenvalue weighted by atomic mass is 35.5. The van der Waals surface area contributed by atoms with E-state index in [0.29, 0.717) is 17.3 Å². The van der Waals surface area contributed by atoms with Crippen LogP contribution in [0.2, 0.25) is 10.2 Å². The molecule has 0 unspecified atom stereocenters.